The number of imidazole rings is 1. The highest BCUT2D eigenvalue weighted by Crippen LogP contribution is 2.29. The fourth-order valence-corrected chi connectivity index (χ4v) is 2.86. The first-order valence-corrected chi connectivity index (χ1v) is 6.63. The lowest BCUT2D eigenvalue weighted by molar-refractivity contribution is -0.135. The SMILES string of the molecule is COc1cccc2c1[nH]c(=S)n2C1CCC(=O)NC1=O. The van der Waals surface area contributed by atoms with E-state index in [2.05, 4.69) is 10.3 Å². The number of hydrogen-bond acceptors (Lipinski definition) is 4. The fourth-order valence-electron chi connectivity index (χ4n) is 2.53. The number of aromatic nitrogens is 2. The van der Waals surface area contributed by atoms with Crippen molar-refractivity contribution in [3.8, 4) is 5.75 Å². The number of H-pyrrole nitrogens is 1. The second-order valence-electron chi connectivity index (χ2n) is 4.62. The molecule has 0 spiro atoms. The van der Waals surface area contributed by atoms with E-state index in [9.17, 15) is 9.59 Å². The van der Waals surface area contributed by atoms with Gasteiger partial charge in [-0.3, -0.25) is 14.9 Å². The molecular formula is C13H13N3O3S. The van der Waals surface area contributed by atoms with Gasteiger partial charge in [-0.15, -0.1) is 0 Å². The summed E-state index contributed by atoms with van der Waals surface area (Å²) in [5.74, 6) is 0.107. The van der Waals surface area contributed by atoms with Crippen LogP contribution in [-0.4, -0.2) is 28.5 Å². The standard InChI is InChI=1S/C13H13N3O3S/c1-19-9-4-2-3-7-11(9)15-13(20)16(7)8-5-6-10(17)14-12(8)18/h2-4,8H,5-6H2,1H3,(H,15,20)(H,14,17,18). The second-order valence-corrected chi connectivity index (χ2v) is 5.01. The van der Waals surface area contributed by atoms with E-state index in [1.165, 1.54) is 0 Å². The van der Waals surface area contributed by atoms with E-state index in [4.69, 9.17) is 17.0 Å². The maximum Gasteiger partial charge on any atom is 0.249 e. The van der Waals surface area contributed by atoms with Crippen LogP contribution in [0.4, 0.5) is 0 Å². The van der Waals surface area contributed by atoms with Crippen LogP contribution in [0.3, 0.4) is 0 Å². The highest BCUT2D eigenvalue weighted by Gasteiger charge is 2.29. The Bertz CT molecular complexity index is 762. The van der Waals surface area contributed by atoms with Gasteiger partial charge in [0.2, 0.25) is 11.8 Å². The number of rotatable bonds is 2. The molecule has 0 aliphatic carbocycles. The van der Waals surface area contributed by atoms with Crippen LogP contribution in [0.5, 0.6) is 5.75 Å². The monoisotopic (exact) mass is 291 g/mol. The van der Waals surface area contributed by atoms with Crippen LogP contribution in [0.25, 0.3) is 11.0 Å². The van der Waals surface area contributed by atoms with E-state index < -0.39 is 6.04 Å². The van der Waals surface area contributed by atoms with E-state index in [-0.39, 0.29) is 11.8 Å². The molecule has 2 heterocycles. The molecule has 20 heavy (non-hydrogen) atoms. The number of piperidine rings is 1. The quantitative estimate of drug-likeness (QED) is 0.652. The molecular weight excluding hydrogens is 278 g/mol. The van der Waals surface area contributed by atoms with Gasteiger partial charge in [0.25, 0.3) is 0 Å². The number of hydrogen-bond donors (Lipinski definition) is 2. The Morgan fingerprint density at radius 2 is 2.20 bits per heavy atom. The first-order valence-electron chi connectivity index (χ1n) is 6.22. The molecule has 104 valence electrons. The third kappa shape index (κ3) is 1.90. The van der Waals surface area contributed by atoms with Crippen molar-refractivity contribution in [2.24, 2.45) is 0 Å². The van der Waals surface area contributed by atoms with Crippen LogP contribution < -0.4 is 10.1 Å². The Hall–Kier alpha value is -2.15. The van der Waals surface area contributed by atoms with Gasteiger partial charge in [0.1, 0.15) is 17.3 Å². The third-order valence-corrected chi connectivity index (χ3v) is 3.75. The number of aromatic amines is 1. The molecule has 6 nitrogen and oxygen atoms in total. The molecule has 3 rings (SSSR count). The summed E-state index contributed by atoms with van der Waals surface area (Å²) in [5, 5.41) is 2.35. The van der Waals surface area contributed by atoms with Gasteiger partial charge in [-0.05, 0) is 30.8 Å². The Morgan fingerprint density at radius 3 is 2.90 bits per heavy atom. The van der Waals surface area contributed by atoms with Crippen molar-refractivity contribution < 1.29 is 14.3 Å². The zero-order valence-corrected chi connectivity index (χ0v) is 11.6. The van der Waals surface area contributed by atoms with Gasteiger partial charge >= 0.3 is 0 Å². The molecule has 1 saturated heterocycles. The average Bonchev–Trinajstić information content (AvgIpc) is 2.75. The predicted molar refractivity (Wildman–Crippen MR) is 75.1 cm³/mol. The molecule has 1 aromatic carbocycles. The summed E-state index contributed by atoms with van der Waals surface area (Å²) >= 11 is 5.31. The first kappa shape index (κ1) is 12.9. The maximum atomic E-state index is 12.0. The van der Waals surface area contributed by atoms with Crippen molar-refractivity contribution >= 4 is 35.1 Å². The Kier molecular flexibility index (Phi) is 3.06. The molecule has 1 fully saturated rings. The molecule has 1 atom stereocenters. The van der Waals surface area contributed by atoms with Gasteiger partial charge in [-0.2, -0.15) is 0 Å². The minimum Gasteiger partial charge on any atom is -0.494 e. The molecule has 0 radical (unpaired) electrons. The van der Waals surface area contributed by atoms with E-state index in [0.717, 1.165) is 11.0 Å². The van der Waals surface area contributed by atoms with Crippen molar-refractivity contribution in [1.82, 2.24) is 14.9 Å². The first-order chi connectivity index (χ1) is 9.61. The number of carbonyl (C=O) groups excluding carboxylic acids is 2. The number of benzene rings is 1. The summed E-state index contributed by atoms with van der Waals surface area (Å²) in [5.41, 5.74) is 1.55. The van der Waals surface area contributed by atoms with E-state index in [0.29, 0.717) is 23.4 Å². The highest BCUT2D eigenvalue weighted by molar-refractivity contribution is 7.71. The fraction of sp³-hybridized carbons (Fsp3) is 0.308. The van der Waals surface area contributed by atoms with Crippen LogP contribution in [0.15, 0.2) is 18.2 Å². The van der Waals surface area contributed by atoms with Crippen LogP contribution in [0.2, 0.25) is 0 Å². The van der Waals surface area contributed by atoms with Gasteiger partial charge in [-0.25, -0.2) is 0 Å². The van der Waals surface area contributed by atoms with Crippen LogP contribution in [-0.2, 0) is 9.59 Å². The number of para-hydroxylation sites is 1. The normalized spacial score (nSPS) is 19.1. The second kappa shape index (κ2) is 4.75. The van der Waals surface area contributed by atoms with E-state index >= 15 is 0 Å². The molecule has 1 aliphatic rings. The minimum atomic E-state index is -0.471. The summed E-state index contributed by atoms with van der Waals surface area (Å²) < 4.78 is 7.47. The lowest BCUT2D eigenvalue weighted by Gasteiger charge is -2.22. The van der Waals surface area contributed by atoms with Crippen molar-refractivity contribution in [3.05, 3.63) is 23.0 Å². The van der Waals surface area contributed by atoms with Gasteiger partial charge < -0.3 is 14.3 Å². The van der Waals surface area contributed by atoms with Crippen LogP contribution in [0, 0.1) is 4.77 Å². The molecule has 1 aliphatic heterocycles. The van der Waals surface area contributed by atoms with Crippen molar-refractivity contribution in [1.29, 1.82) is 0 Å². The smallest absolute Gasteiger partial charge is 0.249 e. The topological polar surface area (TPSA) is 76.1 Å². The lowest BCUT2D eigenvalue weighted by Crippen LogP contribution is -2.41. The summed E-state index contributed by atoms with van der Waals surface area (Å²) in [6.45, 7) is 0. The lowest BCUT2D eigenvalue weighted by atomic mass is 10.1. The van der Waals surface area contributed by atoms with Crippen molar-refractivity contribution in [2.75, 3.05) is 7.11 Å². The molecule has 2 amide bonds. The van der Waals surface area contributed by atoms with E-state index in [1.807, 2.05) is 18.2 Å². The number of carbonyl (C=O) groups is 2. The van der Waals surface area contributed by atoms with Crippen LogP contribution >= 0.6 is 12.2 Å². The predicted octanol–water partition coefficient (Wildman–Crippen LogP) is 1.69. The number of amides is 2. The molecule has 2 aromatic rings. The van der Waals surface area contributed by atoms with Gasteiger partial charge in [0.05, 0.1) is 12.6 Å². The molecule has 2 N–H and O–H groups in total. The number of methoxy groups -OCH3 is 1. The number of nitrogens with one attached hydrogen (secondary N) is 2. The molecule has 7 heteroatoms. The Labute approximate surface area is 119 Å². The van der Waals surface area contributed by atoms with Gasteiger partial charge in [-0.1, -0.05) is 6.07 Å². The van der Waals surface area contributed by atoms with E-state index in [1.54, 1.807) is 11.7 Å². The molecule has 1 unspecified atom stereocenters. The summed E-state index contributed by atoms with van der Waals surface area (Å²) in [6, 6.07) is 5.06. The number of ether oxygens (including phenoxy) is 1. The number of nitrogens with zero attached hydrogens (tertiary/aromatic N) is 1. The average molecular weight is 291 g/mol. The summed E-state index contributed by atoms with van der Waals surface area (Å²) in [4.78, 5) is 26.3. The zero-order valence-electron chi connectivity index (χ0n) is 10.8. The minimum absolute atomic E-state index is 0.241. The molecule has 0 bridgehead atoms. The third-order valence-electron chi connectivity index (χ3n) is 3.46. The molecule has 1 aromatic heterocycles. The molecule has 0 saturated carbocycles. The largest absolute Gasteiger partial charge is 0.494 e. The zero-order chi connectivity index (χ0) is 14.3. The highest BCUT2D eigenvalue weighted by atomic mass is 32.1. The van der Waals surface area contributed by atoms with Crippen molar-refractivity contribution in [2.45, 2.75) is 18.9 Å². The Balaban J connectivity index is 2.17. The van der Waals surface area contributed by atoms with Crippen LogP contribution in [0.1, 0.15) is 18.9 Å². The maximum absolute atomic E-state index is 12.0. The summed E-state index contributed by atoms with van der Waals surface area (Å²) in [7, 11) is 1.58. The Morgan fingerprint density at radius 1 is 1.40 bits per heavy atom. The summed E-state index contributed by atoms with van der Waals surface area (Å²) in [6.07, 6.45) is 0.762. The number of fused-ring (bicyclic) bond motifs is 1. The number of imide groups is 1. The van der Waals surface area contributed by atoms with Gasteiger partial charge in [0, 0.05) is 6.42 Å². The van der Waals surface area contributed by atoms with Crippen molar-refractivity contribution in [3.63, 3.8) is 0 Å². The van der Waals surface area contributed by atoms with Gasteiger partial charge in [0.15, 0.2) is 4.77 Å².